The number of aromatic nitrogens is 2. The van der Waals surface area contributed by atoms with E-state index in [1.54, 1.807) is 20.8 Å². The number of nitrogens with one attached hydrogen (secondary N) is 1. The number of halogens is 1. The Balaban J connectivity index is 1.40. The van der Waals surface area contributed by atoms with Crippen molar-refractivity contribution in [2.45, 2.75) is 120 Å². The van der Waals surface area contributed by atoms with Crippen LogP contribution in [0.4, 0.5) is 10.6 Å². The number of fused-ring (bicyclic) bond motifs is 1. The van der Waals surface area contributed by atoms with E-state index in [1.807, 2.05) is 30.3 Å². The van der Waals surface area contributed by atoms with Crippen molar-refractivity contribution in [3.05, 3.63) is 42.4 Å². The van der Waals surface area contributed by atoms with Crippen molar-refractivity contribution in [3.63, 3.8) is 0 Å². The standard InChI is InChI=1S/C31H43ClN6O8/c1-31(2,3)46-30(43)37(19-12-8-13-20(19)40)38-27(34-18-11-7-14-21(18)44-17-9-5-4-6-10-17)23-26(35-29(38)32)36(16-33-23)28-25(42)24(41)22(15-39)45-28/h4-6,9-10,16,18-22,24-25,27-28,34,39-42H,7-8,11-15H2,1-3H3/t18?,19?,20?,21?,22-,24?,25?,27?,28-/m1/s1. The largest absolute Gasteiger partial charge is 0.489 e. The molecule has 0 bridgehead atoms. The number of benzene rings is 1. The molecule has 2 aliphatic carbocycles. The van der Waals surface area contributed by atoms with Crippen molar-refractivity contribution >= 4 is 28.8 Å². The fourth-order valence-electron chi connectivity index (χ4n) is 6.73. The maximum Gasteiger partial charge on any atom is 0.429 e. The van der Waals surface area contributed by atoms with Crippen LogP contribution in [0.5, 0.6) is 5.75 Å². The summed E-state index contributed by atoms with van der Waals surface area (Å²) in [6, 6.07) is 8.70. The molecule has 2 aliphatic heterocycles. The molecular weight excluding hydrogens is 620 g/mol. The summed E-state index contributed by atoms with van der Waals surface area (Å²) in [5.41, 5.74) is -0.470. The summed E-state index contributed by atoms with van der Waals surface area (Å²) in [6.07, 6.45) is -1.85. The van der Waals surface area contributed by atoms with E-state index >= 15 is 0 Å². The van der Waals surface area contributed by atoms with Gasteiger partial charge in [-0.05, 0) is 83.0 Å². The molecule has 46 heavy (non-hydrogen) atoms. The zero-order valence-electron chi connectivity index (χ0n) is 26.1. The van der Waals surface area contributed by atoms with Crippen molar-refractivity contribution in [2.75, 3.05) is 6.61 Å². The molecule has 15 heteroatoms. The number of para-hydroxylation sites is 1. The number of ether oxygens (including phenoxy) is 3. The third-order valence-corrected chi connectivity index (χ3v) is 9.16. The van der Waals surface area contributed by atoms with Crippen molar-refractivity contribution in [1.29, 1.82) is 0 Å². The van der Waals surface area contributed by atoms with Crippen LogP contribution in [0.15, 0.2) is 41.7 Å². The van der Waals surface area contributed by atoms with Crippen LogP contribution >= 0.6 is 11.6 Å². The summed E-state index contributed by atoms with van der Waals surface area (Å²) in [5.74, 6) is 0.975. The van der Waals surface area contributed by atoms with Crippen molar-refractivity contribution in [1.82, 2.24) is 24.9 Å². The molecule has 6 rings (SSSR count). The number of carbonyl (C=O) groups is 1. The lowest BCUT2D eigenvalue weighted by atomic mass is 10.1. The van der Waals surface area contributed by atoms with Crippen LogP contribution < -0.4 is 10.1 Å². The van der Waals surface area contributed by atoms with Gasteiger partial charge in [0, 0.05) is 6.04 Å². The molecule has 3 heterocycles. The number of amides is 1. The summed E-state index contributed by atoms with van der Waals surface area (Å²) in [7, 11) is 0. The molecule has 5 N–H and O–H groups in total. The summed E-state index contributed by atoms with van der Waals surface area (Å²) >= 11 is 6.99. The Hall–Kier alpha value is -2.98. The number of rotatable bonds is 8. The Kier molecular flexibility index (Phi) is 9.50. The normalized spacial score (nSPS) is 32.7. The third kappa shape index (κ3) is 6.44. The van der Waals surface area contributed by atoms with Gasteiger partial charge < -0.3 is 34.6 Å². The Bertz CT molecular complexity index is 1410. The lowest BCUT2D eigenvalue weighted by Gasteiger charge is -2.46. The highest BCUT2D eigenvalue weighted by Crippen LogP contribution is 2.42. The van der Waals surface area contributed by atoms with Crippen molar-refractivity contribution in [3.8, 4) is 5.75 Å². The Morgan fingerprint density at radius 1 is 1.11 bits per heavy atom. The van der Waals surface area contributed by atoms with Gasteiger partial charge in [0.15, 0.2) is 12.0 Å². The van der Waals surface area contributed by atoms with Crippen LogP contribution in [0.25, 0.3) is 0 Å². The molecule has 7 unspecified atom stereocenters. The number of aliphatic imine (C=N–C) groups is 1. The maximum absolute atomic E-state index is 14.0. The second-order valence-electron chi connectivity index (χ2n) is 13.3. The SMILES string of the molecule is CC(C)(C)OC(=O)N(C1CCCC1O)N1C(Cl)=Nc2c(ncn2[C@@H]2O[C@H](CO)C(O)C2O)C1NC1CCCC1Oc1ccccc1. The van der Waals surface area contributed by atoms with Gasteiger partial charge >= 0.3 is 6.09 Å². The van der Waals surface area contributed by atoms with Crippen LogP contribution in [-0.4, -0.2) is 106 Å². The van der Waals surface area contributed by atoms with E-state index < -0.39 is 61.2 Å². The molecule has 1 saturated heterocycles. The highest BCUT2D eigenvalue weighted by molar-refractivity contribution is 6.65. The van der Waals surface area contributed by atoms with Crippen LogP contribution in [0.3, 0.4) is 0 Å². The minimum atomic E-state index is -1.38. The summed E-state index contributed by atoms with van der Waals surface area (Å²) in [6.45, 7) is 4.80. The van der Waals surface area contributed by atoms with Gasteiger partial charge in [-0.1, -0.05) is 18.2 Å². The number of aliphatic hydroxyl groups excluding tert-OH is 4. The van der Waals surface area contributed by atoms with Crippen molar-refractivity contribution in [2.24, 2.45) is 4.99 Å². The molecule has 1 amide bonds. The van der Waals surface area contributed by atoms with Gasteiger partial charge in [-0.25, -0.2) is 19.8 Å². The van der Waals surface area contributed by atoms with Crippen LogP contribution in [0.1, 0.15) is 77.4 Å². The second-order valence-corrected chi connectivity index (χ2v) is 13.6. The van der Waals surface area contributed by atoms with E-state index in [1.165, 1.54) is 20.9 Å². The first-order chi connectivity index (χ1) is 22.0. The first kappa shape index (κ1) is 32.9. The van der Waals surface area contributed by atoms with E-state index in [0.717, 1.165) is 25.0 Å². The number of imidazole rings is 1. The van der Waals surface area contributed by atoms with Crippen LogP contribution in [0, 0.1) is 0 Å². The predicted molar refractivity (Wildman–Crippen MR) is 166 cm³/mol. The first-order valence-electron chi connectivity index (χ1n) is 15.9. The van der Waals surface area contributed by atoms with E-state index in [2.05, 4.69) is 15.3 Å². The van der Waals surface area contributed by atoms with Crippen molar-refractivity contribution < 1.29 is 39.4 Å². The fourth-order valence-corrected chi connectivity index (χ4v) is 6.99. The Morgan fingerprint density at radius 3 is 2.50 bits per heavy atom. The topological polar surface area (TPSA) is 174 Å². The van der Waals surface area contributed by atoms with Gasteiger partial charge in [0.1, 0.15) is 47.6 Å². The van der Waals surface area contributed by atoms with Crippen LogP contribution in [-0.2, 0) is 9.47 Å². The number of nitrogens with zero attached hydrogens (tertiary/aromatic N) is 5. The molecule has 14 nitrogen and oxygen atoms in total. The lowest BCUT2D eigenvalue weighted by molar-refractivity contribution is -0.0833. The van der Waals surface area contributed by atoms with Gasteiger partial charge in [-0.3, -0.25) is 9.88 Å². The first-order valence-corrected chi connectivity index (χ1v) is 16.2. The molecule has 252 valence electrons. The maximum atomic E-state index is 14.0. The van der Waals surface area contributed by atoms with E-state index in [0.29, 0.717) is 25.0 Å². The number of carbonyl (C=O) groups excluding carboxylic acids is 1. The van der Waals surface area contributed by atoms with Gasteiger partial charge in [0.2, 0.25) is 5.29 Å². The number of hydrogen-bond acceptors (Lipinski definition) is 12. The fraction of sp³-hybridized carbons (Fsp3) is 0.645. The van der Waals surface area contributed by atoms with E-state index in [4.69, 9.17) is 25.8 Å². The van der Waals surface area contributed by atoms with E-state index in [9.17, 15) is 25.2 Å². The average molecular weight is 663 g/mol. The molecule has 1 aromatic carbocycles. The number of hydrazine groups is 1. The monoisotopic (exact) mass is 662 g/mol. The van der Waals surface area contributed by atoms with Gasteiger partial charge in [0.05, 0.1) is 25.1 Å². The lowest BCUT2D eigenvalue weighted by Crippen LogP contribution is -2.62. The molecule has 4 aliphatic rings. The Morgan fingerprint density at radius 2 is 1.85 bits per heavy atom. The summed E-state index contributed by atoms with van der Waals surface area (Å²) in [5, 5.41) is 48.3. The zero-order chi connectivity index (χ0) is 32.7. The average Bonchev–Trinajstić information content (AvgIpc) is 3.79. The zero-order valence-corrected chi connectivity index (χ0v) is 26.9. The highest BCUT2D eigenvalue weighted by Gasteiger charge is 2.49. The van der Waals surface area contributed by atoms with Crippen LogP contribution in [0.2, 0.25) is 0 Å². The Labute approximate surface area is 272 Å². The molecule has 3 fully saturated rings. The third-order valence-electron chi connectivity index (χ3n) is 8.90. The quantitative estimate of drug-likeness (QED) is 0.263. The molecule has 0 radical (unpaired) electrons. The predicted octanol–water partition coefficient (Wildman–Crippen LogP) is 2.69. The minimum absolute atomic E-state index is 0.109. The number of hydrogen-bond donors (Lipinski definition) is 5. The smallest absolute Gasteiger partial charge is 0.429 e. The molecular formula is C31H43ClN6O8. The summed E-state index contributed by atoms with van der Waals surface area (Å²) < 4.78 is 19.5. The minimum Gasteiger partial charge on any atom is -0.489 e. The molecule has 1 aromatic heterocycles. The molecule has 9 atom stereocenters. The number of aliphatic hydroxyl groups is 4. The molecule has 2 aromatic rings. The van der Waals surface area contributed by atoms with Gasteiger partial charge in [-0.15, -0.1) is 0 Å². The highest BCUT2D eigenvalue weighted by atomic mass is 35.5. The second kappa shape index (κ2) is 13.3. The van der Waals surface area contributed by atoms with Gasteiger partial charge in [-0.2, -0.15) is 4.99 Å². The van der Waals surface area contributed by atoms with Gasteiger partial charge in [0.25, 0.3) is 0 Å². The molecule has 2 saturated carbocycles. The number of amidine groups is 1. The molecule has 0 spiro atoms. The summed E-state index contributed by atoms with van der Waals surface area (Å²) in [4.78, 5) is 23.2. The van der Waals surface area contributed by atoms with E-state index in [-0.39, 0.29) is 23.3 Å².